The minimum atomic E-state index is -0.516. The average molecular weight is 337 g/mol. The van der Waals surface area contributed by atoms with Crippen LogP contribution in [0, 0.1) is 6.92 Å². The number of ether oxygens (including phenoxy) is 2. The summed E-state index contributed by atoms with van der Waals surface area (Å²) in [6, 6.07) is 5.37. The van der Waals surface area contributed by atoms with Crippen LogP contribution in [0.15, 0.2) is 18.2 Å². The zero-order valence-corrected chi connectivity index (χ0v) is 14.9. The summed E-state index contributed by atoms with van der Waals surface area (Å²) in [6.45, 7) is 8.48. The van der Waals surface area contributed by atoms with E-state index < -0.39 is 5.60 Å². The molecule has 2 rings (SSSR count). The lowest BCUT2D eigenvalue weighted by molar-refractivity contribution is 0.0275. The molecular formula is C17H23NO4S. The first-order chi connectivity index (χ1) is 10.7. The minimum absolute atomic E-state index is 0.157. The van der Waals surface area contributed by atoms with Crippen LogP contribution in [0.2, 0.25) is 0 Å². The first-order valence-corrected chi connectivity index (χ1v) is 8.09. The lowest BCUT2D eigenvalue weighted by Gasteiger charge is -2.24. The molecular weight excluding hydrogens is 314 g/mol. The van der Waals surface area contributed by atoms with E-state index in [0.29, 0.717) is 30.8 Å². The summed E-state index contributed by atoms with van der Waals surface area (Å²) in [5.41, 5.74) is 0.924. The molecule has 1 aromatic rings. The predicted molar refractivity (Wildman–Crippen MR) is 91.3 cm³/mol. The molecule has 1 aromatic carbocycles. The fraction of sp³-hybridized carbons (Fsp3) is 0.529. The largest absolute Gasteiger partial charge is 0.488 e. The molecule has 1 unspecified atom stereocenters. The van der Waals surface area contributed by atoms with Gasteiger partial charge in [0.15, 0.2) is 0 Å². The summed E-state index contributed by atoms with van der Waals surface area (Å²) in [6.07, 6.45) is 0.210. The molecule has 1 saturated heterocycles. The Morgan fingerprint density at radius 1 is 1.30 bits per heavy atom. The van der Waals surface area contributed by atoms with E-state index in [1.54, 1.807) is 11.0 Å². The van der Waals surface area contributed by atoms with Crippen LogP contribution in [0.3, 0.4) is 0 Å². The Labute approximate surface area is 142 Å². The molecule has 1 amide bonds. The van der Waals surface area contributed by atoms with E-state index in [0.717, 1.165) is 5.56 Å². The van der Waals surface area contributed by atoms with E-state index in [-0.39, 0.29) is 17.3 Å². The Morgan fingerprint density at radius 2 is 2.00 bits per heavy atom. The van der Waals surface area contributed by atoms with Crippen LogP contribution in [0.5, 0.6) is 5.75 Å². The maximum atomic E-state index is 12.1. The third kappa shape index (κ3) is 4.89. The molecule has 6 heteroatoms. The number of thiol groups is 1. The fourth-order valence-corrected chi connectivity index (χ4v) is 2.58. The van der Waals surface area contributed by atoms with Crippen LogP contribution >= 0.6 is 12.6 Å². The van der Waals surface area contributed by atoms with Crippen LogP contribution in [0.25, 0.3) is 0 Å². The first kappa shape index (κ1) is 17.7. The number of hydrogen-bond donors (Lipinski definition) is 1. The summed E-state index contributed by atoms with van der Waals surface area (Å²) < 4.78 is 11.3. The van der Waals surface area contributed by atoms with E-state index in [1.807, 2.05) is 39.8 Å². The van der Waals surface area contributed by atoms with Crippen molar-refractivity contribution in [2.45, 2.75) is 45.8 Å². The van der Waals surface area contributed by atoms with Gasteiger partial charge in [-0.25, -0.2) is 4.79 Å². The van der Waals surface area contributed by atoms with E-state index in [1.165, 1.54) is 0 Å². The van der Waals surface area contributed by atoms with E-state index >= 15 is 0 Å². The number of carbonyl (C=O) groups excluding carboxylic acids is 2. The zero-order valence-electron chi connectivity index (χ0n) is 14.0. The summed E-state index contributed by atoms with van der Waals surface area (Å²) in [5, 5.41) is -0.331. The molecule has 0 bridgehead atoms. The molecule has 0 radical (unpaired) electrons. The van der Waals surface area contributed by atoms with Gasteiger partial charge in [0.25, 0.3) is 0 Å². The van der Waals surface area contributed by atoms with Crippen LogP contribution in [-0.2, 0) is 4.74 Å². The molecule has 1 aliphatic rings. The van der Waals surface area contributed by atoms with Gasteiger partial charge in [-0.05, 0) is 45.4 Å². The summed E-state index contributed by atoms with van der Waals surface area (Å²) >= 11 is 3.88. The Morgan fingerprint density at radius 3 is 2.61 bits per heavy atom. The average Bonchev–Trinajstić information content (AvgIpc) is 2.85. The Balaban J connectivity index is 2.02. The molecule has 5 nitrogen and oxygen atoms in total. The number of benzene rings is 1. The number of carbonyl (C=O) groups is 2. The van der Waals surface area contributed by atoms with Crippen molar-refractivity contribution in [1.29, 1.82) is 0 Å². The quantitative estimate of drug-likeness (QED) is 0.858. The Kier molecular flexibility index (Phi) is 5.24. The van der Waals surface area contributed by atoms with Crippen LogP contribution in [0.4, 0.5) is 4.79 Å². The standard InChI is InChI=1S/C17H23NO4S/c1-11-5-6-13(15(19)23)14(9-11)21-12-7-8-18(10-12)16(20)22-17(2,3)4/h5-6,9,12H,7-8,10H2,1-4H3,(H,19,23). The van der Waals surface area contributed by atoms with Crippen molar-refractivity contribution in [3.63, 3.8) is 0 Å². The third-order valence-corrected chi connectivity index (χ3v) is 3.70. The number of hydrogen-bond acceptors (Lipinski definition) is 4. The van der Waals surface area contributed by atoms with Crippen molar-refractivity contribution in [2.24, 2.45) is 0 Å². The molecule has 1 heterocycles. The monoisotopic (exact) mass is 337 g/mol. The second kappa shape index (κ2) is 6.83. The normalized spacial score (nSPS) is 18.0. The maximum Gasteiger partial charge on any atom is 0.410 e. The summed E-state index contributed by atoms with van der Waals surface area (Å²) in [7, 11) is 0. The molecule has 23 heavy (non-hydrogen) atoms. The number of nitrogens with zero attached hydrogens (tertiary/aromatic N) is 1. The van der Waals surface area contributed by atoms with E-state index in [9.17, 15) is 9.59 Å². The maximum absolute atomic E-state index is 12.1. The third-order valence-electron chi connectivity index (χ3n) is 3.46. The molecule has 0 saturated carbocycles. The van der Waals surface area contributed by atoms with Gasteiger partial charge in [0, 0.05) is 13.0 Å². The van der Waals surface area contributed by atoms with Crippen molar-refractivity contribution in [3.8, 4) is 5.75 Å². The summed E-state index contributed by atoms with van der Waals surface area (Å²) in [4.78, 5) is 25.3. The molecule has 0 aliphatic carbocycles. The van der Waals surface area contributed by atoms with E-state index in [4.69, 9.17) is 9.47 Å². The van der Waals surface area contributed by atoms with Crippen LogP contribution in [-0.4, -0.2) is 40.9 Å². The molecule has 1 fully saturated rings. The van der Waals surface area contributed by atoms with Gasteiger partial charge in [0.2, 0.25) is 5.12 Å². The molecule has 1 aliphatic heterocycles. The topological polar surface area (TPSA) is 55.8 Å². The van der Waals surface area contributed by atoms with Crippen molar-refractivity contribution in [1.82, 2.24) is 4.90 Å². The minimum Gasteiger partial charge on any atom is -0.488 e. The van der Waals surface area contributed by atoms with Crippen molar-refractivity contribution < 1.29 is 19.1 Å². The molecule has 0 aromatic heterocycles. The van der Waals surface area contributed by atoms with Gasteiger partial charge >= 0.3 is 6.09 Å². The van der Waals surface area contributed by atoms with Crippen molar-refractivity contribution in [2.75, 3.05) is 13.1 Å². The second-order valence-corrected chi connectivity index (χ2v) is 7.17. The van der Waals surface area contributed by atoms with Crippen molar-refractivity contribution in [3.05, 3.63) is 29.3 Å². The Bertz CT molecular complexity index is 609. The second-order valence-electron chi connectivity index (χ2n) is 6.76. The highest BCUT2D eigenvalue weighted by molar-refractivity contribution is 7.97. The highest BCUT2D eigenvalue weighted by Crippen LogP contribution is 2.26. The van der Waals surface area contributed by atoms with Crippen molar-refractivity contribution >= 4 is 23.8 Å². The first-order valence-electron chi connectivity index (χ1n) is 7.64. The lowest BCUT2D eigenvalue weighted by Crippen LogP contribution is -2.36. The van der Waals surface area contributed by atoms with Gasteiger partial charge in [-0.2, -0.15) is 0 Å². The van der Waals surface area contributed by atoms with Crippen LogP contribution in [0.1, 0.15) is 43.1 Å². The highest BCUT2D eigenvalue weighted by atomic mass is 32.1. The molecule has 1 atom stereocenters. The van der Waals surface area contributed by atoms with Gasteiger partial charge in [-0.15, -0.1) is 12.6 Å². The number of likely N-dealkylation sites (tertiary alicyclic amines) is 1. The van der Waals surface area contributed by atoms with Gasteiger partial charge in [0.1, 0.15) is 17.5 Å². The molecule has 0 spiro atoms. The molecule has 0 N–H and O–H groups in total. The zero-order chi connectivity index (χ0) is 17.2. The van der Waals surface area contributed by atoms with Gasteiger partial charge < -0.3 is 14.4 Å². The highest BCUT2D eigenvalue weighted by Gasteiger charge is 2.31. The lowest BCUT2D eigenvalue weighted by atomic mass is 10.1. The van der Waals surface area contributed by atoms with Gasteiger partial charge in [-0.3, -0.25) is 4.79 Å². The van der Waals surface area contributed by atoms with E-state index in [2.05, 4.69) is 12.6 Å². The summed E-state index contributed by atoms with van der Waals surface area (Å²) in [5.74, 6) is 0.515. The number of aryl methyl sites for hydroxylation is 1. The van der Waals surface area contributed by atoms with Gasteiger partial charge in [-0.1, -0.05) is 6.07 Å². The predicted octanol–water partition coefficient (Wildman–Crippen LogP) is 3.45. The SMILES string of the molecule is Cc1ccc(C(=O)S)c(OC2CCN(C(=O)OC(C)(C)C)C2)c1. The van der Waals surface area contributed by atoms with Gasteiger partial charge in [0.05, 0.1) is 12.1 Å². The van der Waals surface area contributed by atoms with Crippen LogP contribution < -0.4 is 4.74 Å². The fourth-order valence-electron chi connectivity index (χ4n) is 2.40. The molecule has 126 valence electrons. The Hall–Kier alpha value is -1.69. The number of amides is 1. The smallest absolute Gasteiger partial charge is 0.410 e. The number of rotatable bonds is 3.